The van der Waals surface area contributed by atoms with E-state index in [2.05, 4.69) is 10.4 Å². The summed E-state index contributed by atoms with van der Waals surface area (Å²) in [5, 5.41) is 5.68. The third-order valence-electron chi connectivity index (χ3n) is 3.90. The summed E-state index contributed by atoms with van der Waals surface area (Å²) in [5.41, 5.74) is 0.322. The molecule has 0 aliphatic carbocycles. The number of carbonyl (C=O) groups is 1. The smallest absolute Gasteiger partial charge is 0.273 e. The lowest BCUT2D eigenvalue weighted by molar-refractivity contribution is -0.122. The first kappa shape index (κ1) is 17.5. The van der Waals surface area contributed by atoms with Crippen LogP contribution in [-0.4, -0.2) is 28.8 Å². The molecule has 0 saturated carbocycles. The summed E-state index contributed by atoms with van der Waals surface area (Å²) in [7, 11) is 0. The van der Waals surface area contributed by atoms with Crippen LogP contribution in [0.5, 0.6) is 5.75 Å². The average Bonchev–Trinajstić information content (AvgIpc) is 2.64. The fourth-order valence-electron chi connectivity index (χ4n) is 2.55. The minimum absolute atomic E-state index is 0.260. The normalized spacial score (nSPS) is 10.7. The van der Waals surface area contributed by atoms with E-state index in [1.54, 1.807) is 24.3 Å². The van der Waals surface area contributed by atoms with Gasteiger partial charge in [-0.15, -0.1) is 0 Å². The summed E-state index contributed by atoms with van der Waals surface area (Å²) < 4.78 is 6.54. The van der Waals surface area contributed by atoms with Gasteiger partial charge in [-0.05, 0) is 31.2 Å². The Balaban J connectivity index is 1.57. The molecule has 0 saturated heterocycles. The standard InChI is InChI=1S/C19H19N3O4/c1-13-6-8-14(9-7-13)26-11-10-20-17(23)12-22-19(25)16-5-3-2-4-15(16)18(24)21-22/h2-9H,10-12H2,1H3,(H,20,23)(H,21,24). The van der Waals surface area contributed by atoms with Gasteiger partial charge in [-0.1, -0.05) is 29.8 Å². The van der Waals surface area contributed by atoms with Crippen molar-refractivity contribution in [1.82, 2.24) is 15.1 Å². The molecule has 0 aliphatic heterocycles. The van der Waals surface area contributed by atoms with Crippen molar-refractivity contribution in [3.8, 4) is 5.75 Å². The quantitative estimate of drug-likeness (QED) is 0.651. The predicted molar refractivity (Wildman–Crippen MR) is 98.5 cm³/mol. The first-order valence-electron chi connectivity index (χ1n) is 8.22. The summed E-state index contributed by atoms with van der Waals surface area (Å²) in [5.74, 6) is 0.338. The molecule has 1 aromatic heterocycles. The van der Waals surface area contributed by atoms with Gasteiger partial charge in [0.1, 0.15) is 18.9 Å². The molecule has 1 amide bonds. The van der Waals surface area contributed by atoms with Crippen LogP contribution < -0.4 is 21.2 Å². The zero-order valence-electron chi connectivity index (χ0n) is 14.3. The number of rotatable bonds is 6. The third kappa shape index (κ3) is 4.00. The van der Waals surface area contributed by atoms with Crippen molar-refractivity contribution >= 4 is 16.7 Å². The Morgan fingerprint density at radius 3 is 2.50 bits per heavy atom. The van der Waals surface area contributed by atoms with Gasteiger partial charge in [0.15, 0.2) is 0 Å². The average molecular weight is 353 g/mol. The van der Waals surface area contributed by atoms with Crippen molar-refractivity contribution < 1.29 is 9.53 Å². The number of hydrogen-bond acceptors (Lipinski definition) is 4. The molecule has 134 valence electrons. The van der Waals surface area contributed by atoms with Gasteiger partial charge in [0, 0.05) is 0 Å². The number of benzene rings is 2. The van der Waals surface area contributed by atoms with Gasteiger partial charge in [0.05, 0.1) is 17.3 Å². The fourth-order valence-corrected chi connectivity index (χ4v) is 2.55. The molecule has 0 unspecified atom stereocenters. The number of hydrogen-bond donors (Lipinski definition) is 2. The maximum absolute atomic E-state index is 12.3. The zero-order chi connectivity index (χ0) is 18.5. The van der Waals surface area contributed by atoms with Crippen LogP contribution in [0.3, 0.4) is 0 Å². The maximum Gasteiger partial charge on any atom is 0.273 e. The van der Waals surface area contributed by atoms with Gasteiger partial charge in [-0.25, -0.2) is 4.68 Å². The predicted octanol–water partition coefficient (Wildman–Crippen LogP) is 1.19. The van der Waals surface area contributed by atoms with Crippen LogP contribution in [0.25, 0.3) is 10.8 Å². The second-order valence-electron chi connectivity index (χ2n) is 5.89. The number of ether oxygens (including phenoxy) is 1. The summed E-state index contributed by atoms with van der Waals surface area (Å²) in [6.45, 7) is 2.32. The topological polar surface area (TPSA) is 93.2 Å². The van der Waals surface area contributed by atoms with E-state index >= 15 is 0 Å². The van der Waals surface area contributed by atoms with Gasteiger partial charge < -0.3 is 10.1 Å². The van der Waals surface area contributed by atoms with Gasteiger partial charge in [0.2, 0.25) is 5.91 Å². The van der Waals surface area contributed by atoms with Crippen molar-refractivity contribution in [3.63, 3.8) is 0 Å². The molecule has 0 fully saturated rings. The van der Waals surface area contributed by atoms with Crippen molar-refractivity contribution in [2.75, 3.05) is 13.2 Å². The molecule has 0 aliphatic rings. The summed E-state index contributed by atoms with van der Waals surface area (Å²) in [6.07, 6.45) is 0. The van der Waals surface area contributed by atoms with Crippen LogP contribution >= 0.6 is 0 Å². The molecular weight excluding hydrogens is 334 g/mol. The Kier molecular flexibility index (Phi) is 5.17. The van der Waals surface area contributed by atoms with Crippen LogP contribution in [0.4, 0.5) is 0 Å². The highest BCUT2D eigenvalue weighted by atomic mass is 16.5. The minimum Gasteiger partial charge on any atom is -0.492 e. The molecule has 3 rings (SSSR count). The summed E-state index contributed by atoms with van der Waals surface area (Å²) >= 11 is 0. The fraction of sp³-hybridized carbons (Fsp3) is 0.211. The molecule has 2 aromatic carbocycles. The van der Waals surface area contributed by atoms with E-state index in [4.69, 9.17) is 4.74 Å². The van der Waals surface area contributed by atoms with Crippen LogP contribution in [0.1, 0.15) is 5.56 Å². The Morgan fingerprint density at radius 1 is 1.08 bits per heavy atom. The molecule has 0 bridgehead atoms. The number of aromatic nitrogens is 2. The van der Waals surface area contributed by atoms with Crippen molar-refractivity contribution in [1.29, 1.82) is 0 Å². The van der Waals surface area contributed by atoms with E-state index < -0.39 is 11.1 Å². The highest BCUT2D eigenvalue weighted by Gasteiger charge is 2.09. The Hall–Kier alpha value is -3.35. The van der Waals surface area contributed by atoms with Crippen LogP contribution in [0.2, 0.25) is 0 Å². The van der Waals surface area contributed by atoms with Crippen molar-refractivity contribution in [2.24, 2.45) is 0 Å². The number of carbonyl (C=O) groups excluding carboxylic acids is 1. The number of amides is 1. The first-order chi connectivity index (χ1) is 12.5. The second-order valence-corrected chi connectivity index (χ2v) is 5.89. The van der Waals surface area contributed by atoms with E-state index in [1.165, 1.54) is 0 Å². The zero-order valence-corrected chi connectivity index (χ0v) is 14.3. The van der Waals surface area contributed by atoms with Crippen LogP contribution in [-0.2, 0) is 11.3 Å². The molecule has 3 aromatic rings. The number of aromatic amines is 1. The molecule has 0 atom stereocenters. The van der Waals surface area contributed by atoms with Gasteiger partial charge in [-0.2, -0.15) is 0 Å². The second kappa shape index (κ2) is 7.69. The number of aryl methyl sites for hydroxylation is 1. The number of nitrogens with zero attached hydrogens (tertiary/aromatic N) is 1. The molecule has 26 heavy (non-hydrogen) atoms. The van der Waals surface area contributed by atoms with E-state index in [-0.39, 0.29) is 17.8 Å². The van der Waals surface area contributed by atoms with Gasteiger partial charge in [0.25, 0.3) is 11.1 Å². The monoisotopic (exact) mass is 353 g/mol. The van der Waals surface area contributed by atoms with Gasteiger partial charge in [-0.3, -0.25) is 19.5 Å². The van der Waals surface area contributed by atoms with Crippen molar-refractivity contribution in [3.05, 3.63) is 74.8 Å². The van der Waals surface area contributed by atoms with E-state index in [1.807, 2.05) is 31.2 Å². The van der Waals surface area contributed by atoms with E-state index in [0.29, 0.717) is 18.5 Å². The molecule has 7 heteroatoms. The highest BCUT2D eigenvalue weighted by Crippen LogP contribution is 2.10. The number of H-pyrrole nitrogens is 1. The Labute approximate surface area is 149 Å². The minimum atomic E-state index is -0.411. The number of nitrogens with one attached hydrogen (secondary N) is 2. The molecule has 7 nitrogen and oxygen atoms in total. The van der Waals surface area contributed by atoms with Crippen LogP contribution in [0.15, 0.2) is 58.1 Å². The third-order valence-corrected chi connectivity index (χ3v) is 3.90. The lowest BCUT2D eigenvalue weighted by Gasteiger charge is -2.09. The highest BCUT2D eigenvalue weighted by molar-refractivity contribution is 5.81. The molecule has 2 N–H and O–H groups in total. The molecular formula is C19H19N3O4. The Morgan fingerprint density at radius 2 is 1.77 bits per heavy atom. The summed E-state index contributed by atoms with van der Waals surface area (Å²) in [6, 6.07) is 14.1. The first-order valence-corrected chi connectivity index (χ1v) is 8.22. The van der Waals surface area contributed by atoms with E-state index in [0.717, 1.165) is 16.0 Å². The maximum atomic E-state index is 12.3. The lowest BCUT2D eigenvalue weighted by atomic mass is 10.2. The molecule has 1 heterocycles. The van der Waals surface area contributed by atoms with Gasteiger partial charge >= 0.3 is 0 Å². The lowest BCUT2D eigenvalue weighted by Crippen LogP contribution is -2.37. The number of fused-ring (bicyclic) bond motifs is 1. The van der Waals surface area contributed by atoms with E-state index in [9.17, 15) is 14.4 Å². The molecule has 0 spiro atoms. The Bertz CT molecular complexity index is 1040. The largest absolute Gasteiger partial charge is 0.492 e. The summed E-state index contributed by atoms with van der Waals surface area (Å²) in [4.78, 5) is 36.4. The molecule has 0 radical (unpaired) electrons. The van der Waals surface area contributed by atoms with Crippen LogP contribution in [0, 0.1) is 6.92 Å². The van der Waals surface area contributed by atoms with Crippen molar-refractivity contribution in [2.45, 2.75) is 13.5 Å². The SMILES string of the molecule is Cc1ccc(OCCNC(=O)Cn2[nH]c(=O)c3ccccc3c2=O)cc1.